The molecule has 0 aliphatic carbocycles. The van der Waals surface area contributed by atoms with E-state index in [0.29, 0.717) is 12.4 Å². The lowest BCUT2D eigenvalue weighted by atomic mass is 10.3. The molecule has 1 atom stereocenters. The number of nitrogens with zero attached hydrogens (tertiary/aromatic N) is 2. The Hall–Kier alpha value is -2.15. The van der Waals surface area contributed by atoms with Gasteiger partial charge in [-0.25, -0.2) is 4.79 Å². The Morgan fingerprint density at radius 3 is 2.86 bits per heavy atom. The number of rotatable bonds is 5. The number of anilines is 1. The fourth-order valence-electron chi connectivity index (χ4n) is 2.04. The first-order valence-electron chi connectivity index (χ1n) is 6.41. The molecule has 3 rings (SSSR count). The predicted octanol–water partition coefficient (Wildman–Crippen LogP) is 2.80. The third-order valence-electron chi connectivity index (χ3n) is 3.09. The van der Waals surface area contributed by atoms with Crippen molar-refractivity contribution < 1.29 is 18.8 Å². The van der Waals surface area contributed by atoms with Gasteiger partial charge in [0, 0.05) is 16.6 Å². The maximum absolute atomic E-state index is 11.9. The number of benzene rings is 1. The zero-order valence-corrected chi connectivity index (χ0v) is 12.2. The minimum atomic E-state index is -0.361. The summed E-state index contributed by atoms with van der Waals surface area (Å²) >= 11 is 1.66. The molecule has 1 fully saturated rings. The van der Waals surface area contributed by atoms with Crippen molar-refractivity contribution in [3.63, 3.8) is 0 Å². The van der Waals surface area contributed by atoms with Gasteiger partial charge in [-0.15, -0.1) is 11.8 Å². The zero-order valence-electron chi connectivity index (χ0n) is 11.4. The molecule has 1 aliphatic rings. The van der Waals surface area contributed by atoms with Gasteiger partial charge in [0.1, 0.15) is 12.9 Å². The summed E-state index contributed by atoms with van der Waals surface area (Å²) < 4.78 is 15.3. The van der Waals surface area contributed by atoms with Crippen LogP contribution < -0.4 is 9.64 Å². The molecule has 0 spiro atoms. The van der Waals surface area contributed by atoms with Crippen molar-refractivity contribution in [2.24, 2.45) is 0 Å². The van der Waals surface area contributed by atoms with E-state index in [2.05, 4.69) is 9.68 Å². The molecule has 1 saturated heterocycles. The first-order valence-corrected chi connectivity index (χ1v) is 7.64. The average molecular weight is 306 g/mol. The van der Waals surface area contributed by atoms with Crippen molar-refractivity contribution in [1.82, 2.24) is 5.16 Å². The molecule has 1 aromatic heterocycles. The summed E-state index contributed by atoms with van der Waals surface area (Å²) in [5, 5.41) is 3.64. The number of cyclic esters (lactones) is 1. The van der Waals surface area contributed by atoms with Crippen molar-refractivity contribution in [1.29, 1.82) is 0 Å². The molecule has 1 aromatic carbocycles. The van der Waals surface area contributed by atoms with Crippen molar-refractivity contribution in [2.75, 3.05) is 24.3 Å². The maximum Gasteiger partial charge on any atom is 0.414 e. The quantitative estimate of drug-likeness (QED) is 0.791. The van der Waals surface area contributed by atoms with Crippen LogP contribution in [0.25, 0.3) is 0 Å². The van der Waals surface area contributed by atoms with Crippen LogP contribution in [0.4, 0.5) is 10.5 Å². The number of aromatic nitrogens is 1. The molecule has 110 valence electrons. The van der Waals surface area contributed by atoms with E-state index in [4.69, 9.17) is 9.47 Å². The summed E-state index contributed by atoms with van der Waals surface area (Å²) in [4.78, 5) is 14.7. The molecule has 0 saturated carbocycles. The molecule has 0 unspecified atom stereocenters. The molecule has 1 amide bonds. The summed E-state index contributed by atoms with van der Waals surface area (Å²) in [7, 11) is 0. The Labute approximate surface area is 126 Å². The Morgan fingerprint density at radius 2 is 2.19 bits per heavy atom. The Bertz CT molecular complexity index is 600. The van der Waals surface area contributed by atoms with Crippen LogP contribution in [0.2, 0.25) is 0 Å². The van der Waals surface area contributed by atoms with Crippen LogP contribution >= 0.6 is 11.8 Å². The molecule has 2 heterocycles. The SMILES string of the molecule is CSc1ccc(N2C[C@H](COc3ccon3)OC2=O)cc1. The number of hydrogen-bond acceptors (Lipinski definition) is 6. The minimum absolute atomic E-state index is 0.248. The Kier molecular flexibility index (Phi) is 4.01. The fraction of sp³-hybridized carbons (Fsp3) is 0.286. The molecular weight excluding hydrogens is 292 g/mol. The minimum Gasteiger partial charge on any atom is -0.471 e. The largest absolute Gasteiger partial charge is 0.471 e. The van der Waals surface area contributed by atoms with Crippen LogP contribution in [0.1, 0.15) is 0 Å². The van der Waals surface area contributed by atoms with Crippen LogP contribution in [-0.4, -0.2) is 36.8 Å². The third-order valence-corrected chi connectivity index (χ3v) is 3.83. The van der Waals surface area contributed by atoms with E-state index >= 15 is 0 Å². The number of amides is 1. The Morgan fingerprint density at radius 1 is 1.38 bits per heavy atom. The second-order valence-electron chi connectivity index (χ2n) is 4.46. The Balaban J connectivity index is 1.61. The van der Waals surface area contributed by atoms with Gasteiger partial charge in [-0.1, -0.05) is 0 Å². The van der Waals surface area contributed by atoms with Crippen molar-refractivity contribution in [2.45, 2.75) is 11.0 Å². The van der Waals surface area contributed by atoms with E-state index in [-0.39, 0.29) is 18.8 Å². The van der Waals surface area contributed by atoms with Gasteiger partial charge in [0.2, 0.25) is 0 Å². The normalized spacial score (nSPS) is 17.9. The van der Waals surface area contributed by atoms with Gasteiger partial charge in [0.05, 0.1) is 6.54 Å². The predicted molar refractivity (Wildman–Crippen MR) is 77.8 cm³/mol. The van der Waals surface area contributed by atoms with Gasteiger partial charge in [0.25, 0.3) is 5.88 Å². The lowest BCUT2D eigenvalue weighted by molar-refractivity contribution is 0.102. The van der Waals surface area contributed by atoms with E-state index in [0.717, 1.165) is 10.6 Å². The molecular formula is C14H14N2O4S. The van der Waals surface area contributed by atoms with Crippen LogP contribution in [0.3, 0.4) is 0 Å². The van der Waals surface area contributed by atoms with Gasteiger partial charge >= 0.3 is 6.09 Å². The molecule has 0 bridgehead atoms. The van der Waals surface area contributed by atoms with E-state index in [9.17, 15) is 4.79 Å². The lowest BCUT2D eigenvalue weighted by Gasteiger charge is -2.13. The molecule has 6 nitrogen and oxygen atoms in total. The highest BCUT2D eigenvalue weighted by Crippen LogP contribution is 2.24. The average Bonchev–Trinajstić information content (AvgIpc) is 3.15. The van der Waals surface area contributed by atoms with Crippen molar-refractivity contribution in [3.05, 3.63) is 36.6 Å². The van der Waals surface area contributed by atoms with Crippen LogP contribution in [0.5, 0.6) is 5.88 Å². The third kappa shape index (κ3) is 3.13. The smallest absolute Gasteiger partial charge is 0.414 e. The summed E-state index contributed by atoms with van der Waals surface area (Å²) in [6, 6.07) is 9.39. The first kappa shape index (κ1) is 13.8. The highest BCUT2D eigenvalue weighted by atomic mass is 32.2. The van der Waals surface area contributed by atoms with Gasteiger partial charge in [0.15, 0.2) is 6.10 Å². The second kappa shape index (κ2) is 6.09. The highest BCUT2D eigenvalue weighted by Gasteiger charge is 2.32. The van der Waals surface area contributed by atoms with Gasteiger partial charge < -0.3 is 14.0 Å². The lowest BCUT2D eigenvalue weighted by Crippen LogP contribution is -2.26. The van der Waals surface area contributed by atoms with Crippen LogP contribution in [-0.2, 0) is 4.74 Å². The zero-order chi connectivity index (χ0) is 14.7. The van der Waals surface area contributed by atoms with E-state index in [1.54, 1.807) is 22.7 Å². The van der Waals surface area contributed by atoms with E-state index < -0.39 is 0 Å². The molecule has 0 N–H and O–H groups in total. The second-order valence-corrected chi connectivity index (χ2v) is 5.34. The summed E-state index contributed by atoms with van der Waals surface area (Å²) in [6.07, 6.45) is 2.75. The molecule has 7 heteroatoms. The maximum atomic E-state index is 11.9. The van der Waals surface area contributed by atoms with Crippen LogP contribution in [0.15, 0.2) is 46.0 Å². The topological polar surface area (TPSA) is 64.8 Å². The van der Waals surface area contributed by atoms with Crippen molar-refractivity contribution in [3.8, 4) is 5.88 Å². The monoisotopic (exact) mass is 306 g/mol. The van der Waals surface area contributed by atoms with Gasteiger partial charge in [-0.05, 0) is 35.7 Å². The standard InChI is InChI=1S/C14H14N2O4S/c1-21-12-4-2-10(3-5-12)16-8-11(20-14(16)17)9-18-13-6-7-19-15-13/h2-7,11H,8-9H2,1H3/t11-/m1/s1. The summed E-state index contributed by atoms with van der Waals surface area (Å²) in [5.41, 5.74) is 0.821. The number of ether oxygens (including phenoxy) is 2. The summed E-state index contributed by atoms with van der Waals surface area (Å²) in [5.74, 6) is 0.383. The molecule has 2 aromatic rings. The fourth-order valence-corrected chi connectivity index (χ4v) is 2.44. The molecule has 1 aliphatic heterocycles. The highest BCUT2D eigenvalue weighted by molar-refractivity contribution is 7.98. The van der Waals surface area contributed by atoms with Crippen molar-refractivity contribution >= 4 is 23.5 Å². The molecule has 0 radical (unpaired) electrons. The van der Waals surface area contributed by atoms with Gasteiger partial charge in [-0.3, -0.25) is 4.90 Å². The molecule has 21 heavy (non-hydrogen) atoms. The number of carbonyl (C=O) groups excluding carboxylic acids is 1. The van der Waals surface area contributed by atoms with Crippen LogP contribution in [0, 0.1) is 0 Å². The van der Waals surface area contributed by atoms with E-state index in [1.165, 1.54) is 6.26 Å². The van der Waals surface area contributed by atoms with E-state index in [1.807, 2.05) is 30.5 Å². The summed E-state index contributed by atoms with van der Waals surface area (Å²) in [6.45, 7) is 0.701. The van der Waals surface area contributed by atoms with Gasteiger partial charge in [-0.2, -0.15) is 0 Å². The number of carbonyl (C=O) groups is 1. The number of hydrogen-bond donors (Lipinski definition) is 0. The first-order chi connectivity index (χ1) is 10.3. The number of thioether (sulfide) groups is 1.